The quantitative estimate of drug-likeness (QED) is 0.481. The molecule has 2 amide bonds. The maximum absolute atomic E-state index is 13.1. The van der Waals surface area contributed by atoms with Crippen LogP contribution in [0.15, 0.2) is 54.6 Å². The van der Waals surface area contributed by atoms with Gasteiger partial charge >= 0.3 is 0 Å². The fourth-order valence-corrected chi connectivity index (χ4v) is 4.68. The average molecular weight is 457 g/mol. The standard InChI is InChI=1S/C27H28N4O3/c1-30-9-11-31(12-10-30)27(33)18-5-8-22-23-14-19(17-3-6-21(34-2)7-4-17)13-20(16-25(28)32)26(23)29-24(22)15-18/h3-8,13-15,29H,9-12,16H2,1-2H3,(H2,28,32). The number of nitrogens with zero attached hydrogens (tertiary/aromatic N) is 2. The summed E-state index contributed by atoms with van der Waals surface area (Å²) in [6.07, 6.45) is 0.125. The van der Waals surface area contributed by atoms with Crippen LogP contribution in [0.4, 0.5) is 0 Å². The van der Waals surface area contributed by atoms with Gasteiger partial charge in [-0.3, -0.25) is 9.59 Å². The summed E-state index contributed by atoms with van der Waals surface area (Å²) < 4.78 is 5.28. The zero-order chi connectivity index (χ0) is 23.8. The summed E-state index contributed by atoms with van der Waals surface area (Å²) in [4.78, 5) is 32.5. The summed E-state index contributed by atoms with van der Waals surface area (Å²) in [6.45, 7) is 3.22. The highest BCUT2D eigenvalue weighted by atomic mass is 16.5. The van der Waals surface area contributed by atoms with Crippen molar-refractivity contribution in [1.29, 1.82) is 0 Å². The molecule has 0 aliphatic carbocycles. The SMILES string of the molecule is COc1ccc(-c2cc(CC(N)=O)c3[nH]c4cc(C(=O)N5CCN(C)CC5)ccc4c3c2)cc1. The maximum Gasteiger partial charge on any atom is 0.254 e. The van der Waals surface area contributed by atoms with Gasteiger partial charge in [-0.05, 0) is 60.1 Å². The average Bonchev–Trinajstić information content (AvgIpc) is 3.22. The number of primary amides is 1. The van der Waals surface area contributed by atoms with E-state index < -0.39 is 5.91 Å². The van der Waals surface area contributed by atoms with Crippen molar-refractivity contribution < 1.29 is 14.3 Å². The Morgan fingerprint density at radius 1 is 0.941 bits per heavy atom. The summed E-state index contributed by atoms with van der Waals surface area (Å²) in [7, 11) is 3.71. The van der Waals surface area contributed by atoms with Crippen molar-refractivity contribution in [2.75, 3.05) is 40.3 Å². The highest BCUT2D eigenvalue weighted by Crippen LogP contribution is 2.34. The highest BCUT2D eigenvalue weighted by Gasteiger charge is 2.21. The number of H-pyrrole nitrogens is 1. The zero-order valence-corrected chi connectivity index (χ0v) is 19.4. The number of hydrogen-bond donors (Lipinski definition) is 2. The van der Waals surface area contributed by atoms with Crippen LogP contribution in [0.1, 0.15) is 15.9 Å². The van der Waals surface area contributed by atoms with Gasteiger partial charge in [-0.15, -0.1) is 0 Å². The number of carbonyl (C=O) groups is 2. The predicted octanol–water partition coefficient (Wildman–Crippen LogP) is 3.41. The number of rotatable bonds is 5. The molecule has 0 unspecified atom stereocenters. The van der Waals surface area contributed by atoms with Crippen molar-refractivity contribution >= 4 is 33.6 Å². The second-order valence-electron chi connectivity index (χ2n) is 8.91. The molecule has 1 fully saturated rings. The highest BCUT2D eigenvalue weighted by molar-refractivity contribution is 6.12. The van der Waals surface area contributed by atoms with E-state index in [1.807, 2.05) is 53.4 Å². The Labute approximate surface area is 198 Å². The zero-order valence-electron chi connectivity index (χ0n) is 19.4. The molecule has 1 aliphatic rings. The van der Waals surface area contributed by atoms with Crippen LogP contribution in [0.2, 0.25) is 0 Å². The van der Waals surface area contributed by atoms with Crippen molar-refractivity contribution in [2.24, 2.45) is 5.73 Å². The molecule has 0 saturated carbocycles. The van der Waals surface area contributed by atoms with Crippen LogP contribution in [0.25, 0.3) is 32.9 Å². The van der Waals surface area contributed by atoms with Gasteiger partial charge in [0.1, 0.15) is 5.75 Å². The lowest BCUT2D eigenvalue weighted by atomic mass is 9.97. The van der Waals surface area contributed by atoms with Crippen molar-refractivity contribution in [3.63, 3.8) is 0 Å². The van der Waals surface area contributed by atoms with Crippen molar-refractivity contribution in [1.82, 2.24) is 14.8 Å². The number of fused-ring (bicyclic) bond motifs is 3. The fraction of sp³-hybridized carbons (Fsp3) is 0.259. The summed E-state index contributed by atoms with van der Waals surface area (Å²) >= 11 is 0. The van der Waals surface area contributed by atoms with Gasteiger partial charge in [0, 0.05) is 48.0 Å². The van der Waals surface area contributed by atoms with E-state index in [4.69, 9.17) is 10.5 Å². The summed E-state index contributed by atoms with van der Waals surface area (Å²) in [5.74, 6) is 0.439. The Morgan fingerprint density at radius 2 is 1.68 bits per heavy atom. The van der Waals surface area contributed by atoms with Gasteiger partial charge in [-0.2, -0.15) is 0 Å². The Kier molecular flexibility index (Phi) is 5.71. The molecule has 1 aromatic heterocycles. The van der Waals surface area contributed by atoms with Crippen LogP contribution in [-0.4, -0.2) is 66.9 Å². The minimum Gasteiger partial charge on any atom is -0.497 e. The summed E-state index contributed by atoms with van der Waals surface area (Å²) in [6, 6.07) is 17.7. The predicted molar refractivity (Wildman–Crippen MR) is 134 cm³/mol. The van der Waals surface area contributed by atoms with Crippen molar-refractivity contribution in [2.45, 2.75) is 6.42 Å². The third-order valence-corrected chi connectivity index (χ3v) is 6.61. The van der Waals surface area contributed by atoms with E-state index >= 15 is 0 Å². The maximum atomic E-state index is 13.1. The molecule has 1 aliphatic heterocycles. The molecule has 0 atom stereocenters. The molecule has 7 nitrogen and oxygen atoms in total. The Hall–Kier alpha value is -3.84. The van der Waals surface area contributed by atoms with Gasteiger partial charge in [0.25, 0.3) is 5.91 Å². The molecule has 0 spiro atoms. The third kappa shape index (κ3) is 4.10. The molecule has 174 valence electrons. The first kappa shape index (κ1) is 22.0. The number of amides is 2. The molecule has 3 aromatic carbocycles. The first-order chi connectivity index (χ1) is 16.4. The molecule has 3 N–H and O–H groups in total. The van der Waals surface area contributed by atoms with Gasteiger partial charge in [-0.25, -0.2) is 0 Å². The van der Waals surface area contributed by atoms with E-state index in [0.717, 1.165) is 70.4 Å². The number of nitrogens with one attached hydrogen (secondary N) is 1. The molecule has 7 heteroatoms. The minimum absolute atomic E-state index is 0.0462. The molecule has 0 radical (unpaired) electrons. The lowest BCUT2D eigenvalue weighted by Gasteiger charge is -2.32. The number of piperazine rings is 1. The number of methoxy groups -OCH3 is 1. The number of nitrogens with two attached hydrogens (primary N) is 1. The van der Waals surface area contributed by atoms with E-state index in [1.54, 1.807) is 7.11 Å². The molecular weight excluding hydrogens is 428 g/mol. The smallest absolute Gasteiger partial charge is 0.254 e. The van der Waals surface area contributed by atoms with Gasteiger partial charge in [0.05, 0.1) is 19.0 Å². The third-order valence-electron chi connectivity index (χ3n) is 6.61. The number of hydrogen-bond acceptors (Lipinski definition) is 4. The Morgan fingerprint density at radius 3 is 2.35 bits per heavy atom. The van der Waals surface area contributed by atoms with E-state index in [0.29, 0.717) is 5.56 Å². The lowest BCUT2D eigenvalue weighted by Crippen LogP contribution is -2.47. The number of aromatic nitrogens is 1. The Bertz CT molecular complexity index is 1380. The fourth-order valence-electron chi connectivity index (χ4n) is 4.68. The summed E-state index contributed by atoms with van der Waals surface area (Å²) in [5, 5.41) is 2.00. The number of benzene rings is 3. The first-order valence-electron chi connectivity index (χ1n) is 11.4. The second kappa shape index (κ2) is 8.83. The van der Waals surface area contributed by atoms with Crippen LogP contribution in [0.5, 0.6) is 5.75 Å². The van der Waals surface area contributed by atoms with Crippen molar-refractivity contribution in [3.8, 4) is 16.9 Å². The number of likely N-dealkylation sites (N-methyl/N-ethyl adjacent to an activating group) is 1. The molecule has 1 saturated heterocycles. The molecular formula is C27H28N4O3. The van der Waals surface area contributed by atoms with Crippen molar-refractivity contribution in [3.05, 3.63) is 65.7 Å². The van der Waals surface area contributed by atoms with Gasteiger partial charge in [0.2, 0.25) is 5.91 Å². The van der Waals surface area contributed by atoms with E-state index in [2.05, 4.69) is 23.0 Å². The van der Waals surface area contributed by atoms with Gasteiger partial charge in [0.15, 0.2) is 0 Å². The summed E-state index contributed by atoms with van der Waals surface area (Å²) in [5.41, 5.74) is 10.8. The Balaban J connectivity index is 1.59. The van der Waals surface area contributed by atoms with Crippen LogP contribution in [-0.2, 0) is 11.2 Å². The molecule has 4 aromatic rings. The van der Waals surface area contributed by atoms with E-state index in [9.17, 15) is 9.59 Å². The minimum atomic E-state index is -0.391. The normalized spacial score (nSPS) is 14.6. The molecule has 34 heavy (non-hydrogen) atoms. The molecule has 5 rings (SSSR count). The number of aromatic amines is 1. The van der Waals surface area contributed by atoms with E-state index in [-0.39, 0.29) is 12.3 Å². The monoisotopic (exact) mass is 456 g/mol. The molecule has 0 bridgehead atoms. The number of carbonyl (C=O) groups excluding carboxylic acids is 2. The number of ether oxygens (including phenoxy) is 1. The van der Waals surface area contributed by atoms with Gasteiger partial charge < -0.3 is 25.3 Å². The molecule has 2 heterocycles. The van der Waals surface area contributed by atoms with Gasteiger partial charge in [-0.1, -0.05) is 18.2 Å². The largest absolute Gasteiger partial charge is 0.497 e. The topological polar surface area (TPSA) is 91.7 Å². The second-order valence-corrected chi connectivity index (χ2v) is 8.91. The van der Waals surface area contributed by atoms with E-state index in [1.165, 1.54) is 0 Å². The van der Waals surface area contributed by atoms with Crippen LogP contribution in [0.3, 0.4) is 0 Å². The van der Waals surface area contributed by atoms with Crippen LogP contribution >= 0.6 is 0 Å². The van der Waals surface area contributed by atoms with Crippen LogP contribution < -0.4 is 10.5 Å². The first-order valence-corrected chi connectivity index (χ1v) is 11.4. The lowest BCUT2D eigenvalue weighted by molar-refractivity contribution is -0.117. The van der Waals surface area contributed by atoms with Crippen LogP contribution in [0, 0.1) is 0 Å².